The summed E-state index contributed by atoms with van der Waals surface area (Å²) in [5.74, 6) is -1.03. The first-order valence-electron chi connectivity index (χ1n) is 7.47. The van der Waals surface area contributed by atoms with Crippen LogP contribution in [0.1, 0.15) is 15.9 Å². The van der Waals surface area contributed by atoms with Gasteiger partial charge < -0.3 is 4.74 Å². The molecule has 1 aliphatic heterocycles. The van der Waals surface area contributed by atoms with E-state index in [1.165, 1.54) is 25.3 Å². The van der Waals surface area contributed by atoms with Gasteiger partial charge >= 0.3 is 0 Å². The van der Waals surface area contributed by atoms with Crippen LogP contribution in [-0.2, 0) is 4.79 Å². The molecule has 1 N–H and O–H groups in total. The largest absolute Gasteiger partial charge is 0.496 e. The number of nitrogens with zero attached hydrogens (tertiary/aromatic N) is 1. The van der Waals surface area contributed by atoms with E-state index in [2.05, 4.69) is 5.43 Å². The third-order valence-corrected chi connectivity index (χ3v) is 4.81. The molecule has 26 heavy (non-hydrogen) atoms. The number of carbonyl (C=O) groups is 2. The number of halogens is 1. The smallest absolute Gasteiger partial charge is 0.285 e. The van der Waals surface area contributed by atoms with Crippen molar-refractivity contribution in [3.8, 4) is 5.75 Å². The van der Waals surface area contributed by atoms with Crippen molar-refractivity contribution in [1.82, 2.24) is 10.4 Å². The van der Waals surface area contributed by atoms with Crippen LogP contribution in [0.25, 0.3) is 6.08 Å². The van der Waals surface area contributed by atoms with Gasteiger partial charge in [0.05, 0.1) is 17.6 Å². The highest BCUT2D eigenvalue weighted by molar-refractivity contribution is 8.26. The molecular weight excluding hydrogens is 375 g/mol. The summed E-state index contributed by atoms with van der Waals surface area (Å²) in [5, 5.41) is 1.000. The summed E-state index contributed by atoms with van der Waals surface area (Å²) in [6.45, 7) is 0. The number of hydrogen-bond acceptors (Lipinski definition) is 5. The normalized spacial score (nSPS) is 15.5. The number of hydrogen-bond donors (Lipinski definition) is 1. The molecule has 1 saturated heterocycles. The summed E-state index contributed by atoms with van der Waals surface area (Å²) in [7, 11) is 1.45. The van der Waals surface area contributed by atoms with Crippen molar-refractivity contribution < 1.29 is 18.7 Å². The molecule has 2 amide bonds. The Balaban J connectivity index is 1.80. The van der Waals surface area contributed by atoms with E-state index in [1.54, 1.807) is 36.4 Å². The molecule has 0 aromatic heterocycles. The van der Waals surface area contributed by atoms with Crippen molar-refractivity contribution >= 4 is 46.2 Å². The van der Waals surface area contributed by atoms with E-state index in [9.17, 15) is 14.0 Å². The fourth-order valence-electron chi connectivity index (χ4n) is 2.31. The maximum Gasteiger partial charge on any atom is 0.285 e. The van der Waals surface area contributed by atoms with E-state index < -0.39 is 17.6 Å². The molecule has 1 aliphatic rings. The second-order valence-electron chi connectivity index (χ2n) is 5.21. The number of thioether (sulfide) groups is 1. The second kappa shape index (κ2) is 7.67. The number of amides is 2. The Labute approximate surface area is 158 Å². The van der Waals surface area contributed by atoms with E-state index in [-0.39, 0.29) is 9.88 Å². The third kappa shape index (κ3) is 3.76. The van der Waals surface area contributed by atoms with Crippen molar-refractivity contribution in [2.75, 3.05) is 7.11 Å². The SMILES string of the molecule is COc1ccccc1C(=O)NN1C(=O)C(=Cc2cccc(F)c2)SC1=S. The van der Waals surface area contributed by atoms with E-state index in [4.69, 9.17) is 17.0 Å². The average molecular weight is 388 g/mol. The van der Waals surface area contributed by atoms with Gasteiger partial charge in [0.1, 0.15) is 11.6 Å². The van der Waals surface area contributed by atoms with E-state index in [1.807, 2.05) is 0 Å². The number of para-hydroxylation sites is 1. The lowest BCUT2D eigenvalue weighted by molar-refractivity contribution is -0.123. The number of ether oxygens (including phenoxy) is 1. The van der Waals surface area contributed by atoms with Gasteiger partial charge in [-0.1, -0.05) is 36.0 Å². The summed E-state index contributed by atoms with van der Waals surface area (Å²) >= 11 is 6.20. The van der Waals surface area contributed by atoms with E-state index in [0.29, 0.717) is 16.2 Å². The molecule has 0 aliphatic carbocycles. The number of thiocarbonyl (C=S) groups is 1. The zero-order valence-corrected chi connectivity index (χ0v) is 15.2. The number of benzene rings is 2. The van der Waals surface area contributed by atoms with Crippen molar-refractivity contribution in [3.05, 3.63) is 70.4 Å². The standard InChI is InChI=1S/C18H13FN2O3S2/c1-24-14-8-3-2-7-13(14)16(22)20-21-17(23)15(26-18(21)25)10-11-5-4-6-12(19)9-11/h2-10H,1H3,(H,20,22). The van der Waals surface area contributed by atoms with Gasteiger partial charge in [0.25, 0.3) is 11.8 Å². The minimum atomic E-state index is -0.522. The molecule has 3 rings (SSSR count). The Morgan fingerprint density at radius 2 is 2.04 bits per heavy atom. The zero-order valence-electron chi connectivity index (χ0n) is 13.6. The second-order valence-corrected chi connectivity index (χ2v) is 6.89. The molecule has 1 heterocycles. The molecule has 8 heteroatoms. The highest BCUT2D eigenvalue weighted by Gasteiger charge is 2.34. The van der Waals surface area contributed by atoms with Crippen molar-refractivity contribution in [3.63, 3.8) is 0 Å². The van der Waals surface area contributed by atoms with Crippen molar-refractivity contribution in [2.24, 2.45) is 0 Å². The summed E-state index contributed by atoms with van der Waals surface area (Å²) in [6, 6.07) is 12.5. The molecule has 0 bridgehead atoms. The molecule has 0 saturated carbocycles. The molecular formula is C18H13FN2O3S2. The minimum absolute atomic E-state index is 0.181. The first-order valence-corrected chi connectivity index (χ1v) is 8.69. The molecule has 2 aromatic carbocycles. The Morgan fingerprint density at radius 3 is 2.77 bits per heavy atom. The van der Waals surface area contributed by atoms with Crippen LogP contribution in [-0.4, -0.2) is 28.3 Å². The fourth-order valence-corrected chi connectivity index (χ4v) is 3.49. The van der Waals surface area contributed by atoms with Gasteiger partial charge in [0.15, 0.2) is 4.32 Å². The maximum atomic E-state index is 13.3. The van der Waals surface area contributed by atoms with Gasteiger partial charge in [-0.25, -0.2) is 4.39 Å². The van der Waals surface area contributed by atoms with Crippen LogP contribution >= 0.6 is 24.0 Å². The summed E-state index contributed by atoms with van der Waals surface area (Å²) in [6.07, 6.45) is 1.53. The third-order valence-electron chi connectivity index (χ3n) is 3.51. The number of hydrazine groups is 1. The number of rotatable bonds is 4. The summed E-state index contributed by atoms with van der Waals surface area (Å²) in [4.78, 5) is 25.3. The van der Waals surface area contributed by atoms with Gasteiger partial charge in [0, 0.05) is 0 Å². The Kier molecular flexibility index (Phi) is 5.34. The Bertz CT molecular complexity index is 930. The molecule has 5 nitrogen and oxygen atoms in total. The molecule has 0 radical (unpaired) electrons. The molecule has 0 unspecified atom stereocenters. The number of methoxy groups -OCH3 is 1. The van der Waals surface area contributed by atoms with Gasteiger partial charge in [0.2, 0.25) is 0 Å². The van der Waals surface area contributed by atoms with Crippen molar-refractivity contribution in [1.29, 1.82) is 0 Å². The first-order chi connectivity index (χ1) is 12.5. The highest BCUT2D eigenvalue weighted by atomic mass is 32.2. The van der Waals surface area contributed by atoms with Gasteiger partial charge in [-0.2, -0.15) is 5.01 Å². The van der Waals surface area contributed by atoms with Crippen LogP contribution in [0.4, 0.5) is 4.39 Å². The number of carbonyl (C=O) groups excluding carboxylic acids is 2. The monoisotopic (exact) mass is 388 g/mol. The zero-order chi connectivity index (χ0) is 18.7. The Hall–Kier alpha value is -2.71. The average Bonchev–Trinajstić information content (AvgIpc) is 2.89. The van der Waals surface area contributed by atoms with Gasteiger partial charge in [-0.05, 0) is 48.1 Å². The maximum absolute atomic E-state index is 13.3. The molecule has 132 valence electrons. The minimum Gasteiger partial charge on any atom is -0.496 e. The van der Waals surface area contributed by atoms with Crippen LogP contribution in [0.3, 0.4) is 0 Å². The first kappa shape index (κ1) is 18.1. The van der Waals surface area contributed by atoms with Crippen LogP contribution in [0.15, 0.2) is 53.4 Å². The summed E-state index contributed by atoms with van der Waals surface area (Å²) in [5.41, 5.74) is 3.29. The van der Waals surface area contributed by atoms with Gasteiger partial charge in [-0.3, -0.25) is 15.0 Å². The number of nitrogens with one attached hydrogen (secondary N) is 1. The Morgan fingerprint density at radius 1 is 1.27 bits per heavy atom. The molecule has 2 aromatic rings. The van der Waals surface area contributed by atoms with Crippen LogP contribution < -0.4 is 10.2 Å². The summed E-state index contributed by atoms with van der Waals surface area (Å²) < 4.78 is 18.6. The molecule has 1 fully saturated rings. The predicted octanol–water partition coefficient (Wildman–Crippen LogP) is 3.38. The lowest BCUT2D eigenvalue weighted by Gasteiger charge is -2.16. The quantitative estimate of drug-likeness (QED) is 0.643. The van der Waals surface area contributed by atoms with E-state index in [0.717, 1.165) is 16.8 Å². The molecule has 0 spiro atoms. The van der Waals surface area contributed by atoms with E-state index >= 15 is 0 Å². The van der Waals surface area contributed by atoms with Crippen molar-refractivity contribution in [2.45, 2.75) is 0 Å². The highest BCUT2D eigenvalue weighted by Crippen LogP contribution is 2.31. The predicted molar refractivity (Wildman–Crippen MR) is 102 cm³/mol. The fraction of sp³-hybridized carbons (Fsp3) is 0.0556. The van der Waals surface area contributed by atoms with Crippen LogP contribution in [0.2, 0.25) is 0 Å². The van der Waals surface area contributed by atoms with Crippen LogP contribution in [0.5, 0.6) is 5.75 Å². The molecule has 0 atom stereocenters. The topological polar surface area (TPSA) is 58.6 Å². The van der Waals surface area contributed by atoms with Crippen LogP contribution in [0, 0.1) is 5.82 Å². The lowest BCUT2D eigenvalue weighted by atomic mass is 10.2. The lowest BCUT2D eigenvalue weighted by Crippen LogP contribution is -2.44. The van der Waals surface area contributed by atoms with Gasteiger partial charge in [-0.15, -0.1) is 0 Å².